The second-order valence-electron chi connectivity index (χ2n) is 5.45. The molecular weight excluding hydrogens is 330 g/mol. The molecule has 1 aromatic rings. The molecule has 0 aromatic heterocycles. The van der Waals surface area contributed by atoms with Gasteiger partial charge in [-0.3, -0.25) is 10.1 Å². The fourth-order valence-electron chi connectivity index (χ4n) is 2.65. The first-order chi connectivity index (χ1) is 9.75. The number of aryl methyl sites for hydroxylation is 1. The van der Waals surface area contributed by atoms with Crippen LogP contribution in [0.5, 0.6) is 0 Å². The highest BCUT2D eigenvalue weighted by molar-refractivity contribution is 7.89. The number of halogens is 1. The first kappa shape index (κ1) is 18.8. The minimum absolute atomic E-state index is 0. The minimum atomic E-state index is -3.88. The molecule has 1 heterocycles. The number of hydrogen-bond donors (Lipinski definition) is 1. The van der Waals surface area contributed by atoms with Gasteiger partial charge in [-0.2, -0.15) is 4.31 Å². The van der Waals surface area contributed by atoms with Crippen molar-refractivity contribution in [1.29, 1.82) is 0 Å². The summed E-state index contributed by atoms with van der Waals surface area (Å²) in [6.07, 6.45) is 0.677. The number of nitro benzene ring substituents is 1. The van der Waals surface area contributed by atoms with Crippen molar-refractivity contribution in [3.05, 3.63) is 33.9 Å². The summed E-state index contributed by atoms with van der Waals surface area (Å²) in [7, 11) is -3.88. The molecule has 22 heavy (non-hydrogen) atoms. The van der Waals surface area contributed by atoms with E-state index in [2.05, 4.69) is 0 Å². The Morgan fingerprint density at radius 1 is 1.45 bits per heavy atom. The lowest BCUT2D eigenvalue weighted by molar-refractivity contribution is -0.387. The molecule has 1 saturated heterocycles. The van der Waals surface area contributed by atoms with Gasteiger partial charge in [0.25, 0.3) is 5.69 Å². The Morgan fingerprint density at radius 2 is 2.09 bits per heavy atom. The van der Waals surface area contributed by atoms with Crippen LogP contribution < -0.4 is 5.73 Å². The molecule has 0 radical (unpaired) electrons. The third-order valence-corrected chi connectivity index (χ3v) is 5.98. The van der Waals surface area contributed by atoms with E-state index in [-0.39, 0.29) is 34.9 Å². The van der Waals surface area contributed by atoms with Gasteiger partial charge < -0.3 is 5.73 Å². The van der Waals surface area contributed by atoms with Gasteiger partial charge in [-0.25, -0.2) is 8.42 Å². The Kier molecular flexibility index (Phi) is 5.91. The summed E-state index contributed by atoms with van der Waals surface area (Å²) in [4.78, 5) is 10.2. The van der Waals surface area contributed by atoms with Crippen LogP contribution in [0.4, 0.5) is 5.69 Å². The van der Waals surface area contributed by atoms with Crippen LogP contribution in [0.3, 0.4) is 0 Å². The number of nitrogens with two attached hydrogens (primary N) is 1. The molecule has 0 amide bonds. The molecule has 7 nitrogen and oxygen atoms in total. The van der Waals surface area contributed by atoms with E-state index >= 15 is 0 Å². The molecule has 0 aliphatic carbocycles. The second-order valence-corrected chi connectivity index (χ2v) is 7.33. The lowest BCUT2D eigenvalue weighted by atomic mass is 10.0. The normalized spacial score (nSPS) is 20.4. The Hall–Kier alpha value is -1.22. The highest BCUT2D eigenvalue weighted by atomic mass is 35.5. The summed E-state index contributed by atoms with van der Waals surface area (Å²) in [5.41, 5.74) is 5.83. The lowest BCUT2D eigenvalue weighted by Crippen LogP contribution is -2.33. The number of benzene rings is 1. The molecule has 1 aliphatic rings. The van der Waals surface area contributed by atoms with Gasteiger partial charge in [-0.05, 0) is 31.7 Å². The van der Waals surface area contributed by atoms with Crippen molar-refractivity contribution in [2.75, 3.05) is 13.1 Å². The van der Waals surface area contributed by atoms with Crippen molar-refractivity contribution < 1.29 is 13.3 Å². The monoisotopic (exact) mass is 349 g/mol. The summed E-state index contributed by atoms with van der Waals surface area (Å²) in [5.74, 6) is 0.0860. The minimum Gasteiger partial charge on any atom is -0.328 e. The van der Waals surface area contributed by atoms with Crippen LogP contribution in [-0.2, 0) is 10.0 Å². The zero-order valence-corrected chi connectivity index (χ0v) is 14.1. The maximum Gasteiger partial charge on any atom is 0.289 e. The zero-order valence-electron chi connectivity index (χ0n) is 12.4. The average molecular weight is 350 g/mol. The van der Waals surface area contributed by atoms with Crippen LogP contribution in [0.15, 0.2) is 23.1 Å². The number of hydrogen-bond acceptors (Lipinski definition) is 5. The van der Waals surface area contributed by atoms with Gasteiger partial charge in [0.05, 0.1) is 4.92 Å². The average Bonchev–Trinajstić information content (AvgIpc) is 2.88. The van der Waals surface area contributed by atoms with Crippen molar-refractivity contribution in [3.63, 3.8) is 0 Å². The fraction of sp³-hybridized carbons (Fsp3) is 0.538. The fourth-order valence-corrected chi connectivity index (χ4v) is 4.52. The van der Waals surface area contributed by atoms with Gasteiger partial charge in [0.1, 0.15) is 0 Å². The van der Waals surface area contributed by atoms with Crippen molar-refractivity contribution in [3.8, 4) is 0 Å². The Bertz CT molecular complexity index is 663. The first-order valence-electron chi connectivity index (χ1n) is 6.75. The molecule has 1 fully saturated rings. The Balaban J connectivity index is 0.00000242. The number of nitrogens with zero attached hydrogens (tertiary/aromatic N) is 2. The third-order valence-electron chi connectivity index (χ3n) is 3.92. The largest absolute Gasteiger partial charge is 0.328 e. The molecule has 124 valence electrons. The molecule has 2 N–H and O–H groups in total. The lowest BCUT2D eigenvalue weighted by Gasteiger charge is -2.19. The van der Waals surface area contributed by atoms with Crippen LogP contribution in [0.25, 0.3) is 0 Å². The molecule has 0 bridgehead atoms. The van der Waals surface area contributed by atoms with Gasteiger partial charge in [0.2, 0.25) is 10.0 Å². The van der Waals surface area contributed by atoms with E-state index in [9.17, 15) is 18.5 Å². The van der Waals surface area contributed by atoms with E-state index in [1.807, 2.05) is 6.92 Å². The number of rotatable bonds is 4. The second kappa shape index (κ2) is 6.91. The molecule has 2 unspecified atom stereocenters. The first-order valence-corrected chi connectivity index (χ1v) is 8.19. The molecule has 0 spiro atoms. The summed E-state index contributed by atoms with van der Waals surface area (Å²) >= 11 is 0. The van der Waals surface area contributed by atoms with Gasteiger partial charge in [0, 0.05) is 25.2 Å². The van der Waals surface area contributed by atoms with Gasteiger partial charge in [0.15, 0.2) is 4.90 Å². The van der Waals surface area contributed by atoms with Crippen LogP contribution in [0.2, 0.25) is 0 Å². The predicted molar refractivity (Wildman–Crippen MR) is 85.6 cm³/mol. The van der Waals surface area contributed by atoms with Crippen molar-refractivity contribution in [2.24, 2.45) is 11.7 Å². The van der Waals surface area contributed by atoms with Gasteiger partial charge in [-0.1, -0.05) is 12.1 Å². The highest BCUT2D eigenvalue weighted by Crippen LogP contribution is 2.32. The summed E-state index contributed by atoms with van der Waals surface area (Å²) in [6.45, 7) is 4.07. The van der Waals surface area contributed by atoms with E-state index in [1.165, 1.54) is 16.4 Å². The smallest absolute Gasteiger partial charge is 0.289 e. The van der Waals surface area contributed by atoms with Crippen LogP contribution >= 0.6 is 12.4 Å². The van der Waals surface area contributed by atoms with E-state index in [0.717, 1.165) is 0 Å². The zero-order chi connectivity index (χ0) is 15.8. The topological polar surface area (TPSA) is 107 Å². The van der Waals surface area contributed by atoms with E-state index in [0.29, 0.717) is 25.1 Å². The van der Waals surface area contributed by atoms with Crippen molar-refractivity contribution in [2.45, 2.75) is 31.2 Å². The maximum absolute atomic E-state index is 12.7. The summed E-state index contributed by atoms with van der Waals surface area (Å²) in [5, 5.41) is 11.1. The van der Waals surface area contributed by atoms with Gasteiger partial charge >= 0.3 is 0 Å². The Morgan fingerprint density at radius 3 is 2.59 bits per heavy atom. The van der Waals surface area contributed by atoms with E-state index in [4.69, 9.17) is 5.73 Å². The van der Waals surface area contributed by atoms with Crippen LogP contribution in [0.1, 0.15) is 18.9 Å². The maximum atomic E-state index is 12.7. The van der Waals surface area contributed by atoms with Crippen molar-refractivity contribution in [1.82, 2.24) is 4.31 Å². The van der Waals surface area contributed by atoms with E-state index in [1.54, 1.807) is 13.0 Å². The number of sulfonamides is 1. The third kappa shape index (κ3) is 3.40. The SMILES string of the molecule is Cc1cccc([N+](=O)[O-])c1S(=O)(=O)N1CCC(C(C)N)C1.Cl. The summed E-state index contributed by atoms with van der Waals surface area (Å²) in [6, 6.07) is 4.18. The standard InChI is InChI=1S/C13H19N3O4S.ClH/c1-9-4-3-5-12(16(17)18)13(9)21(19,20)15-7-6-11(8-15)10(2)14;/h3-5,10-11H,6-8,14H2,1-2H3;1H. The molecule has 2 rings (SSSR count). The molecular formula is C13H20ClN3O4S. The van der Waals surface area contributed by atoms with E-state index < -0.39 is 14.9 Å². The van der Waals surface area contributed by atoms with Gasteiger partial charge in [-0.15, -0.1) is 12.4 Å². The summed E-state index contributed by atoms with van der Waals surface area (Å²) < 4.78 is 26.8. The molecule has 0 saturated carbocycles. The van der Waals surface area contributed by atoms with Crippen LogP contribution in [-0.4, -0.2) is 36.8 Å². The van der Waals surface area contributed by atoms with Crippen LogP contribution in [0, 0.1) is 23.0 Å². The highest BCUT2D eigenvalue weighted by Gasteiger charge is 2.38. The van der Waals surface area contributed by atoms with Crippen molar-refractivity contribution >= 4 is 28.1 Å². The molecule has 2 atom stereocenters. The predicted octanol–water partition coefficient (Wildman–Crippen LogP) is 1.68. The molecule has 1 aromatic carbocycles. The quantitative estimate of drug-likeness (QED) is 0.657. The Labute approximate surface area is 136 Å². The molecule has 9 heteroatoms. The number of nitro groups is 1. The molecule has 1 aliphatic heterocycles.